The summed E-state index contributed by atoms with van der Waals surface area (Å²) in [6.07, 6.45) is -2.44. The maximum atomic E-state index is 13.6. The van der Waals surface area contributed by atoms with Gasteiger partial charge in [0.05, 0.1) is 19.8 Å². The van der Waals surface area contributed by atoms with Crippen molar-refractivity contribution in [3.63, 3.8) is 0 Å². The van der Waals surface area contributed by atoms with E-state index in [4.69, 9.17) is 32.7 Å². The summed E-state index contributed by atoms with van der Waals surface area (Å²) in [7, 11) is -0.885. The van der Waals surface area contributed by atoms with Gasteiger partial charge in [-0.05, 0) is 25.0 Å². The molecule has 0 bridgehead atoms. The van der Waals surface area contributed by atoms with Gasteiger partial charge in [0.1, 0.15) is 24.0 Å². The van der Waals surface area contributed by atoms with Gasteiger partial charge in [0, 0.05) is 14.2 Å². The van der Waals surface area contributed by atoms with Crippen LogP contribution in [0.4, 0.5) is 0 Å². The Morgan fingerprint density at radius 1 is 0.912 bits per heavy atom. The highest BCUT2D eigenvalue weighted by atomic mass is 31.2. The zero-order chi connectivity index (χ0) is 24.2. The molecule has 2 aliphatic heterocycles. The van der Waals surface area contributed by atoms with Gasteiger partial charge in [-0.1, -0.05) is 60.7 Å². The Morgan fingerprint density at radius 3 is 2.09 bits per heavy atom. The average molecular weight is 493 g/mol. The first kappa shape index (κ1) is 25.5. The number of ether oxygens (including phenoxy) is 5. The second-order valence-electron chi connectivity index (χ2n) is 8.80. The highest BCUT2D eigenvalue weighted by molar-refractivity contribution is 7.54. The van der Waals surface area contributed by atoms with Crippen molar-refractivity contribution >= 4 is 7.60 Å². The van der Waals surface area contributed by atoms with Crippen LogP contribution in [-0.4, -0.2) is 56.9 Å². The van der Waals surface area contributed by atoms with Crippen molar-refractivity contribution in [2.24, 2.45) is 0 Å². The topological polar surface area (TPSA) is 81.7 Å². The third-order valence-corrected chi connectivity index (χ3v) is 8.28. The molecule has 0 amide bonds. The number of hydrogen-bond donors (Lipinski definition) is 0. The molecule has 2 heterocycles. The smallest absolute Gasteiger partial charge is 0.338 e. The monoisotopic (exact) mass is 492 g/mol. The zero-order valence-electron chi connectivity index (χ0n) is 20.0. The number of fused-ring (bicyclic) bond motifs is 1. The van der Waals surface area contributed by atoms with Crippen LogP contribution >= 0.6 is 7.60 Å². The molecule has 0 saturated carbocycles. The molecule has 4 rings (SSSR count). The van der Waals surface area contributed by atoms with Crippen molar-refractivity contribution in [2.45, 2.75) is 63.1 Å². The second-order valence-corrected chi connectivity index (χ2v) is 11.3. The van der Waals surface area contributed by atoms with Crippen molar-refractivity contribution in [2.75, 3.05) is 20.8 Å². The Morgan fingerprint density at radius 2 is 1.50 bits per heavy atom. The Labute approximate surface area is 200 Å². The first-order chi connectivity index (χ1) is 16.3. The molecule has 5 atom stereocenters. The summed E-state index contributed by atoms with van der Waals surface area (Å²) >= 11 is 0. The minimum absolute atomic E-state index is 0.0759. The van der Waals surface area contributed by atoms with Crippen LogP contribution < -0.4 is 0 Å². The van der Waals surface area contributed by atoms with E-state index >= 15 is 0 Å². The second kappa shape index (κ2) is 11.0. The molecular weight excluding hydrogens is 459 g/mol. The van der Waals surface area contributed by atoms with Gasteiger partial charge in [0.15, 0.2) is 12.1 Å². The SMILES string of the molecule is COP(=O)(OC)[C@@H](COCc1ccccc1)[C@@H]1O[C@@H]2OC(C)(C)O[C@@H]2[C@H]1OCc1ccccc1. The van der Waals surface area contributed by atoms with E-state index in [1.165, 1.54) is 14.2 Å². The molecule has 9 heteroatoms. The Bertz CT molecular complexity index is 946. The third kappa shape index (κ3) is 5.78. The summed E-state index contributed by atoms with van der Waals surface area (Å²) in [5.41, 5.74) is 1.25. The highest BCUT2D eigenvalue weighted by Gasteiger charge is 2.60. The molecule has 0 radical (unpaired) electrons. The largest absolute Gasteiger partial charge is 0.376 e. The van der Waals surface area contributed by atoms with Crippen LogP contribution in [-0.2, 0) is 50.5 Å². The van der Waals surface area contributed by atoms with Gasteiger partial charge in [-0.25, -0.2) is 0 Å². The Hall–Kier alpha value is -1.61. The Balaban J connectivity index is 1.55. The van der Waals surface area contributed by atoms with E-state index in [0.29, 0.717) is 13.2 Å². The lowest BCUT2D eigenvalue weighted by Gasteiger charge is -2.33. The van der Waals surface area contributed by atoms with Gasteiger partial charge in [0.2, 0.25) is 0 Å². The van der Waals surface area contributed by atoms with Crippen LogP contribution in [0.5, 0.6) is 0 Å². The third-order valence-electron chi connectivity index (χ3n) is 6.01. The van der Waals surface area contributed by atoms with Crippen LogP contribution in [0.15, 0.2) is 60.7 Å². The quantitative estimate of drug-likeness (QED) is 0.424. The summed E-state index contributed by atoms with van der Waals surface area (Å²) in [5.74, 6) is -0.819. The van der Waals surface area contributed by atoms with E-state index in [0.717, 1.165) is 11.1 Å². The molecule has 2 aromatic rings. The minimum atomic E-state index is -3.61. The summed E-state index contributed by atoms with van der Waals surface area (Å²) in [5, 5.41) is 0. The number of hydrogen-bond acceptors (Lipinski definition) is 8. The standard InChI is InChI=1S/C25H33O8P/c1-25(2)32-23-22(30-16-19-13-9-6-10-14-19)21(31-24(23)33-25)20(34(26,27-3)28-4)17-29-15-18-11-7-5-8-12-18/h5-14,20-24H,15-17H2,1-4H3/t20-,21-,22-,23+,24+/m0/s1. The maximum absolute atomic E-state index is 13.6. The van der Waals surface area contributed by atoms with Gasteiger partial charge in [-0.3, -0.25) is 4.57 Å². The normalized spacial score (nSPS) is 26.9. The van der Waals surface area contributed by atoms with Crippen LogP contribution in [0, 0.1) is 0 Å². The average Bonchev–Trinajstić information content (AvgIpc) is 3.32. The molecule has 2 aliphatic rings. The van der Waals surface area contributed by atoms with Gasteiger partial charge in [0.25, 0.3) is 0 Å². The van der Waals surface area contributed by atoms with Crippen molar-refractivity contribution < 1.29 is 37.3 Å². The van der Waals surface area contributed by atoms with Gasteiger partial charge in [-0.15, -0.1) is 0 Å². The molecule has 8 nitrogen and oxygen atoms in total. The van der Waals surface area contributed by atoms with Crippen LogP contribution in [0.1, 0.15) is 25.0 Å². The zero-order valence-corrected chi connectivity index (χ0v) is 20.9. The molecule has 0 aliphatic carbocycles. The lowest BCUT2D eigenvalue weighted by atomic mass is 10.1. The molecule has 186 valence electrons. The molecule has 0 spiro atoms. The first-order valence-corrected chi connectivity index (χ1v) is 13.0. The van der Waals surface area contributed by atoms with Crippen molar-refractivity contribution in [3.05, 3.63) is 71.8 Å². The molecular formula is C25H33O8P. The maximum Gasteiger partial charge on any atom is 0.338 e. The van der Waals surface area contributed by atoms with Crippen molar-refractivity contribution in [1.82, 2.24) is 0 Å². The van der Waals surface area contributed by atoms with Gasteiger partial charge < -0.3 is 32.7 Å². The van der Waals surface area contributed by atoms with Crippen LogP contribution in [0.3, 0.4) is 0 Å². The predicted octanol–water partition coefficient (Wildman–Crippen LogP) is 4.52. The van der Waals surface area contributed by atoms with Crippen molar-refractivity contribution in [1.29, 1.82) is 0 Å². The Kier molecular flexibility index (Phi) is 8.23. The van der Waals surface area contributed by atoms with E-state index in [1.54, 1.807) is 0 Å². The molecule has 2 fully saturated rings. The summed E-state index contributed by atoms with van der Waals surface area (Å²) in [4.78, 5) is 0. The fourth-order valence-electron chi connectivity index (χ4n) is 4.35. The molecule has 0 aromatic heterocycles. The van der Waals surface area contributed by atoms with Crippen LogP contribution in [0.25, 0.3) is 0 Å². The lowest BCUT2D eigenvalue weighted by molar-refractivity contribution is -0.220. The number of rotatable bonds is 11. The summed E-state index contributed by atoms with van der Waals surface area (Å²) in [6.45, 7) is 4.41. The van der Waals surface area contributed by atoms with Crippen LogP contribution in [0.2, 0.25) is 0 Å². The summed E-state index contributed by atoms with van der Waals surface area (Å²) < 4.78 is 55.0. The van der Waals surface area contributed by atoms with E-state index < -0.39 is 43.6 Å². The van der Waals surface area contributed by atoms with Gasteiger partial charge in [-0.2, -0.15) is 0 Å². The fourth-order valence-corrected chi connectivity index (χ4v) is 5.93. The van der Waals surface area contributed by atoms with E-state index in [1.807, 2.05) is 74.5 Å². The highest BCUT2D eigenvalue weighted by Crippen LogP contribution is 2.56. The fraction of sp³-hybridized carbons (Fsp3) is 0.520. The van der Waals surface area contributed by atoms with E-state index in [9.17, 15) is 4.57 Å². The number of benzene rings is 2. The molecule has 0 unspecified atom stereocenters. The van der Waals surface area contributed by atoms with Gasteiger partial charge >= 0.3 is 7.60 Å². The molecule has 0 N–H and O–H groups in total. The summed E-state index contributed by atoms with van der Waals surface area (Å²) in [6, 6.07) is 19.6. The first-order valence-electron chi connectivity index (χ1n) is 11.3. The molecule has 2 aromatic carbocycles. The molecule has 2 saturated heterocycles. The molecule has 34 heavy (non-hydrogen) atoms. The van der Waals surface area contributed by atoms with Crippen molar-refractivity contribution in [3.8, 4) is 0 Å². The predicted molar refractivity (Wildman–Crippen MR) is 125 cm³/mol. The van der Waals surface area contributed by atoms with E-state index in [-0.39, 0.29) is 6.61 Å². The van der Waals surface area contributed by atoms with E-state index in [2.05, 4.69) is 0 Å². The minimum Gasteiger partial charge on any atom is -0.376 e. The lowest BCUT2D eigenvalue weighted by Crippen LogP contribution is -2.44.